The second-order valence-corrected chi connectivity index (χ2v) is 12.2. The third kappa shape index (κ3) is 5.80. The van der Waals surface area contributed by atoms with Gasteiger partial charge < -0.3 is 24.8 Å². The van der Waals surface area contributed by atoms with Gasteiger partial charge in [-0.15, -0.1) is 0 Å². The largest absolute Gasteiger partial charge is 0.378 e. The number of ether oxygens (including phenoxy) is 1. The molecule has 9 nitrogen and oxygen atoms in total. The van der Waals surface area contributed by atoms with E-state index >= 15 is 0 Å². The summed E-state index contributed by atoms with van der Waals surface area (Å²) in [6, 6.07) is 10.7. The number of amides is 4. The van der Waals surface area contributed by atoms with E-state index in [0.717, 1.165) is 32.2 Å². The van der Waals surface area contributed by atoms with E-state index in [2.05, 4.69) is 59.5 Å². The highest BCUT2D eigenvalue weighted by molar-refractivity contribution is 5.86. The Morgan fingerprint density at radius 3 is 2.36 bits per heavy atom. The van der Waals surface area contributed by atoms with Crippen molar-refractivity contribution in [1.29, 1.82) is 0 Å². The monoisotopic (exact) mass is 539 g/mol. The minimum atomic E-state index is -0.229. The number of nitrogens with zero attached hydrogens (tertiary/aromatic N) is 4. The lowest BCUT2D eigenvalue weighted by Crippen LogP contribution is -2.56. The van der Waals surface area contributed by atoms with E-state index in [1.54, 1.807) is 9.80 Å². The molecule has 0 aromatic heterocycles. The van der Waals surface area contributed by atoms with E-state index in [0.29, 0.717) is 38.8 Å². The number of morpholine rings is 1. The van der Waals surface area contributed by atoms with Crippen LogP contribution in [0.25, 0.3) is 0 Å². The van der Waals surface area contributed by atoms with Crippen molar-refractivity contribution in [1.82, 2.24) is 24.9 Å². The standard InChI is InChI=1S/C30H45N5O4/c1-32(2)30(25-9-4-3-5-10-25)14-12-29(13-15-30)23-34(28(38)35(29)21-24-7-6-8-24)22-26(36)31-16-11-27(37)33-17-19-39-20-18-33/h3-5,9-10,24H,6-8,11-23H2,1-2H3,(H,31,36). The summed E-state index contributed by atoms with van der Waals surface area (Å²) >= 11 is 0. The fourth-order valence-corrected chi connectivity index (χ4v) is 7.02. The average Bonchev–Trinajstić information content (AvgIpc) is 3.17. The van der Waals surface area contributed by atoms with Crippen LogP contribution in [-0.4, -0.2) is 110 Å². The van der Waals surface area contributed by atoms with Crippen LogP contribution in [0.3, 0.4) is 0 Å². The third-order valence-corrected chi connectivity index (χ3v) is 9.76. The first-order valence-corrected chi connectivity index (χ1v) is 14.7. The zero-order chi connectivity index (χ0) is 27.5. The quantitative estimate of drug-likeness (QED) is 0.522. The fraction of sp³-hybridized carbons (Fsp3) is 0.700. The molecule has 0 bridgehead atoms. The van der Waals surface area contributed by atoms with E-state index in [1.165, 1.54) is 24.8 Å². The van der Waals surface area contributed by atoms with Crippen molar-refractivity contribution >= 4 is 17.8 Å². The molecule has 5 rings (SSSR count). The number of carbonyl (C=O) groups excluding carboxylic acids is 3. The Morgan fingerprint density at radius 2 is 1.74 bits per heavy atom. The van der Waals surface area contributed by atoms with Crippen molar-refractivity contribution in [2.75, 3.05) is 66.6 Å². The highest BCUT2D eigenvalue weighted by Gasteiger charge is 2.55. The molecule has 2 saturated carbocycles. The van der Waals surface area contributed by atoms with Gasteiger partial charge in [-0.25, -0.2) is 4.79 Å². The first kappa shape index (κ1) is 27.9. The van der Waals surface area contributed by atoms with Crippen LogP contribution in [0.5, 0.6) is 0 Å². The van der Waals surface area contributed by atoms with Gasteiger partial charge in [0.1, 0.15) is 6.54 Å². The SMILES string of the molecule is CN(C)C1(c2ccccc2)CCC2(CC1)CN(CC(=O)NCCC(=O)N1CCOCC1)C(=O)N2CC1CCC1. The van der Waals surface area contributed by atoms with E-state index in [4.69, 9.17) is 4.74 Å². The Hall–Kier alpha value is -2.65. The van der Waals surface area contributed by atoms with Crippen LogP contribution in [0.4, 0.5) is 4.79 Å². The summed E-state index contributed by atoms with van der Waals surface area (Å²) in [6.45, 7) is 4.06. The van der Waals surface area contributed by atoms with Gasteiger partial charge in [-0.3, -0.25) is 14.5 Å². The van der Waals surface area contributed by atoms with Crippen molar-refractivity contribution in [3.63, 3.8) is 0 Å². The van der Waals surface area contributed by atoms with Crippen molar-refractivity contribution in [2.24, 2.45) is 5.92 Å². The molecule has 2 heterocycles. The van der Waals surface area contributed by atoms with Crippen molar-refractivity contribution < 1.29 is 19.1 Å². The third-order valence-electron chi connectivity index (χ3n) is 9.76. The molecule has 1 spiro atoms. The summed E-state index contributed by atoms with van der Waals surface area (Å²) in [5.41, 5.74) is 1.06. The predicted molar refractivity (Wildman–Crippen MR) is 149 cm³/mol. The molecule has 2 aliphatic carbocycles. The van der Waals surface area contributed by atoms with Gasteiger partial charge in [0.2, 0.25) is 11.8 Å². The number of hydrogen-bond acceptors (Lipinski definition) is 5. The van der Waals surface area contributed by atoms with Gasteiger partial charge in [-0.2, -0.15) is 0 Å². The van der Waals surface area contributed by atoms with Crippen LogP contribution in [0.1, 0.15) is 56.9 Å². The maximum absolute atomic E-state index is 13.7. The Balaban J connectivity index is 1.22. The molecule has 0 atom stereocenters. The number of benzene rings is 1. The molecular weight excluding hydrogens is 494 g/mol. The van der Waals surface area contributed by atoms with Crippen LogP contribution < -0.4 is 5.32 Å². The second-order valence-electron chi connectivity index (χ2n) is 12.2. The maximum Gasteiger partial charge on any atom is 0.321 e. The molecule has 4 fully saturated rings. The normalized spacial score (nSPS) is 27.8. The van der Waals surface area contributed by atoms with Gasteiger partial charge in [-0.05, 0) is 64.1 Å². The van der Waals surface area contributed by atoms with Gasteiger partial charge in [0, 0.05) is 44.7 Å². The van der Waals surface area contributed by atoms with E-state index in [1.807, 2.05) is 0 Å². The fourth-order valence-electron chi connectivity index (χ4n) is 7.02. The molecule has 0 unspecified atom stereocenters. The lowest BCUT2D eigenvalue weighted by Gasteiger charge is -2.51. The van der Waals surface area contributed by atoms with E-state index in [9.17, 15) is 14.4 Å². The summed E-state index contributed by atoms with van der Waals surface area (Å²) in [5, 5.41) is 2.88. The number of urea groups is 1. The Morgan fingerprint density at radius 1 is 1.05 bits per heavy atom. The zero-order valence-corrected chi connectivity index (χ0v) is 23.7. The lowest BCUT2D eigenvalue weighted by molar-refractivity contribution is -0.135. The number of carbonyl (C=O) groups is 3. The topological polar surface area (TPSA) is 85.4 Å². The van der Waals surface area contributed by atoms with E-state index in [-0.39, 0.29) is 48.4 Å². The van der Waals surface area contributed by atoms with Gasteiger partial charge >= 0.3 is 6.03 Å². The number of nitrogens with one attached hydrogen (secondary N) is 1. The Labute approximate surface area is 232 Å². The van der Waals surface area contributed by atoms with Gasteiger partial charge in [-0.1, -0.05) is 36.8 Å². The Bertz CT molecular complexity index is 1010. The van der Waals surface area contributed by atoms with Crippen LogP contribution in [0.2, 0.25) is 0 Å². The lowest BCUT2D eigenvalue weighted by atomic mass is 9.68. The minimum absolute atomic E-state index is 0.00138. The van der Waals surface area contributed by atoms with Crippen LogP contribution in [0, 0.1) is 5.92 Å². The van der Waals surface area contributed by atoms with Crippen molar-refractivity contribution in [2.45, 2.75) is 62.4 Å². The molecule has 4 aliphatic rings. The zero-order valence-electron chi connectivity index (χ0n) is 23.7. The highest BCUT2D eigenvalue weighted by atomic mass is 16.5. The average molecular weight is 540 g/mol. The molecule has 2 saturated heterocycles. The first-order valence-electron chi connectivity index (χ1n) is 14.7. The summed E-state index contributed by atoms with van der Waals surface area (Å²) in [6.07, 6.45) is 7.67. The molecule has 0 radical (unpaired) electrons. The van der Waals surface area contributed by atoms with Crippen LogP contribution >= 0.6 is 0 Å². The summed E-state index contributed by atoms with van der Waals surface area (Å²) in [5.74, 6) is 0.411. The summed E-state index contributed by atoms with van der Waals surface area (Å²) < 4.78 is 5.31. The van der Waals surface area contributed by atoms with Gasteiger partial charge in [0.05, 0.1) is 18.8 Å². The number of hydrogen-bond donors (Lipinski definition) is 1. The molecular formula is C30H45N5O4. The van der Waals surface area contributed by atoms with E-state index < -0.39 is 0 Å². The Kier molecular flexibility index (Phi) is 8.47. The van der Waals surface area contributed by atoms with Gasteiger partial charge in [0.25, 0.3) is 0 Å². The molecule has 39 heavy (non-hydrogen) atoms. The van der Waals surface area contributed by atoms with Crippen molar-refractivity contribution in [3.8, 4) is 0 Å². The first-order chi connectivity index (χ1) is 18.8. The molecule has 214 valence electrons. The van der Waals surface area contributed by atoms with Gasteiger partial charge in [0.15, 0.2) is 0 Å². The minimum Gasteiger partial charge on any atom is -0.378 e. The smallest absolute Gasteiger partial charge is 0.321 e. The second kappa shape index (κ2) is 11.8. The summed E-state index contributed by atoms with van der Waals surface area (Å²) in [7, 11) is 4.33. The number of rotatable bonds is 9. The highest BCUT2D eigenvalue weighted by Crippen LogP contribution is 2.49. The summed E-state index contributed by atoms with van der Waals surface area (Å²) in [4.78, 5) is 47.0. The molecule has 1 aromatic carbocycles. The molecule has 2 aliphatic heterocycles. The molecule has 1 N–H and O–H groups in total. The predicted octanol–water partition coefficient (Wildman–Crippen LogP) is 2.66. The molecule has 1 aromatic rings. The molecule has 9 heteroatoms. The van der Waals surface area contributed by atoms with Crippen molar-refractivity contribution in [3.05, 3.63) is 35.9 Å². The van der Waals surface area contributed by atoms with Crippen LogP contribution in [0.15, 0.2) is 30.3 Å². The van der Waals surface area contributed by atoms with Crippen LogP contribution in [-0.2, 0) is 19.9 Å². The molecule has 4 amide bonds. The maximum atomic E-state index is 13.7.